The third-order valence-electron chi connectivity index (χ3n) is 6.46. The topological polar surface area (TPSA) is 76.0 Å². The SMILES string of the molecule is O=C(NCc1ccc(Cl)cc1)c1cn(N2CCOCC2)c2ccc(CN3CCOCC3)cc2c1=O. The Morgan fingerprint density at radius 2 is 1.57 bits per heavy atom. The first-order valence-corrected chi connectivity index (χ1v) is 12.3. The van der Waals surface area contributed by atoms with Crippen LogP contribution in [0.1, 0.15) is 21.5 Å². The second kappa shape index (κ2) is 10.8. The van der Waals surface area contributed by atoms with Crippen LogP contribution in [0.4, 0.5) is 0 Å². The number of nitrogens with one attached hydrogen (secondary N) is 1. The molecule has 0 unspecified atom stereocenters. The lowest BCUT2D eigenvalue weighted by atomic mass is 10.1. The van der Waals surface area contributed by atoms with Crippen molar-refractivity contribution in [3.63, 3.8) is 0 Å². The molecule has 2 aliphatic heterocycles. The largest absolute Gasteiger partial charge is 0.379 e. The van der Waals surface area contributed by atoms with Crippen molar-refractivity contribution in [1.82, 2.24) is 14.9 Å². The van der Waals surface area contributed by atoms with Crippen molar-refractivity contribution in [1.29, 1.82) is 0 Å². The van der Waals surface area contributed by atoms with Gasteiger partial charge in [-0.2, -0.15) is 0 Å². The van der Waals surface area contributed by atoms with Gasteiger partial charge in [-0.1, -0.05) is 29.8 Å². The molecule has 5 rings (SSSR count). The van der Waals surface area contributed by atoms with Crippen molar-refractivity contribution < 1.29 is 14.3 Å². The number of amides is 1. The van der Waals surface area contributed by atoms with Gasteiger partial charge in [0.25, 0.3) is 5.91 Å². The van der Waals surface area contributed by atoms with Gasteiger partial charge in [0.05, 0.1) is 45.0 Å². The molecule has 3 heterocycles. The average molecular weight is 497 g/mol. The lowest BCUT2D eigenvalue weighted by molar-refractivity contribution is 0.0342. The van der Waals surface area contributed by atoms with Crippen LogP contribution in [0.15, 0.2) is 53.5 Å². The number of morpholine rings is 2. The Hall–Kier alpha value is -2.91. The van der Waals surface area contributed by atoms with Crippen molar-refractivity contribution >= 4 is 28.4 Å². The third-order valence-corrected chi connectivity index (χ3v) is 6.71. The Morgan fingerprint density at radius 3 is 2.29 bits per heavy atom. The summed E-state index contributed by atoms with van der Waals surface area (Å²) in [6.07, 6.45) is 1.66. The Labute approximate surface area is 208 Å². The van der Waals surface area contributed by atoms with Gasteiger partial charge in [0.2, 0.25) is 5.43 Å². The molecule has 0 spiro atoms. The molecule has 1 N–H and O–H groups in total. The van der Waals surface area contributed by atoms with Gasteiger partial charge in [-0.05, 0) is 35.4 Å². The minimum atomic E-state index is -0.396. The van der Waals surface area contributed by atoms with Crippen LogP contribution in [0.3, 0.4) is 0 Å². The monoisotopic (exact) mass is 496 g/mol. The minimum absolute atomic E-state index is 0.126. The van der Waals surface area contributed by atoms with Crippen LogP contribution >= 0.6 is 11.6 Å². The van der Waals surface area contributed by atoms with Crippen LogP contribution in [0.2, 0.25) is 5.02 Å². The van der Waals surface area contributed by atoms with Gasteiger partial charge in [0.1, 0.15) is 5.56 Å². The molecule has 2 fully saturated rings. The molecule has 35 heavy (non-hydrogen) atoms. The molecule has 3 aromatic rings. The van der Waals surface area contributed by atoms with E-state index in [1.165, 1.54) is 0 Å². The highest BCUT2D eigenvalue weighted by Gasteiger charge is 2.20. The zero-order valence-corrected chi connectivity index (χ0v) is 20.3. The van der Waals surface area contributed by atoms with E-state index in [1.807, 2.05) is 28.9 Å². The molecule has 1 amide bonds. The van der Waals surface area contributed by atoms with Crippen LogP contribution < -0.4 is 15.8 Å². The van der Waals surface area contributed by atoms with E-state index < -0.39 is 5.91 Å². The molecular weight excluding hydrogens is 468 g/mol. The number of ether oxygens (including phenoxy) is 2. The summed E-state index contributed by atoms with van der Waals surface area (Å²) in [6.45, 7) is 6.77. The van der Waals surface area contributed by atoms with Crippen LogP contribution in [0.25, 0.3) is 10.9 Å². The number of aromatic nitrogens is 1. The number of carbonyl (C=O) groups is 1. The summed E-state index contributed by atoms with van der Waals surface area (Å²) >= 11 is 5.96. The van der Waals surface area contributed by atoms with E-state index in [1.54, 1.807) is 18.3 Å². The predicted molar refractivity (Wildman–Crippen MR) is 136 cm³/mol. The van der Waals surface area contributed by atoms with Gasteiger partial charge < -0.3 is 19.8 Å². The second-order valence-corrected chi connectivity index (χ2v) is 9.27. The van der Waals surface area contributed by atoms with E-state index in [4.69, 9.17) is 21.1 Å². The van der Waals surface area contributed by atoms with Crippen molar-refractivity contribution in [3.8, 4) is 0 Å². The van der Waals surface area contributed by atoms with Gasteiger partial charge in [0, 0.05) is 42.8 Å². The van der Waals surface area contributed by atoms with Gasteiger partial charge in [-0.25, -0.2) is 0 Å². The molecule has 0 saturated carbocycles. The maximum atomic E-state index is 13.5. The van der Waals surface area contributed by atoms with E-state index in [9.17, 15) is 9.59 Å². The Bertz CT molecular complexity index is 1250. The molecule has 1 aromatic heterocycles. The van der Waals surface area contributed by atoms with Crippen LogP contribution in [-0.2, 0) is 22.6 Å². The molecule has 9 heteroatoms. The summed E-state index contributed by atoms with van der Waals surface area (Å²) in [4.78, 5) is 29.0. The van der Waals surface area contributed by atoms with E-state index in [0.717, 1.165) is 49.5 Å². The number of hydrogen-bond donors (Lipinski definition) is 1. The molecule has 0 radical (unpaired) electrons. The summed E-state index contributed by atoms with van der Waals surface area (Å²) in [6, 6.07) is 13.2. The number of halogens is 1. The normalized spacial score (nSPS) is 17.0. The highest BCUT2D eigenvalue weighted by Crippen LogP contribution is 2.18. The second-order valence-electron chi connectivity index (χ2n) is 8.83. The van der Waals surface area contributed by atoms with E-state index >= 15 is 0 Å². The van der Waals surface area contributed by atoms with Gasteiger partial charge in [-0.15, -0.1) is 0 Å². The number of fused-ring (bicyclic) bond motifs is 1. The zero-order valence-electron chi connectivity index (χ0n) is 19.5. The fourth-order valence-electron chi connectivity index (χ4n) is 4.52. The van der Waals surface area contributed by atoms with E-state index in [-0.39, 0.29) is 11.0 Å². The first kappa shape index (κ1) is 23.8. The average Bonchev–Trinajstić information content (AvgIpc) is 2.90. The molecule has 184 valence electrons. The van der Waals surface area contributed by atoms with Crippen molar-refractivity contribution in [3.05, 3.63) is 80.6 Å². The van der Waals surface area contributed by atoms with E-state index in [0.29, 0.717) is 43.3 Å². The van der Waals surface area contributed by atoms with Gasteiger partial charge >= 0.3 is 0 Å². The number of carbonyl (C=O) groups excluding carboxylic acids is 1. The number of benzene rings is 2. The minimum Gasteiger partial charge on any atom is -0.379 e. The molecule has 8 nitrogen and oxygen atoms in total. The van der Waals surface area contributed by atoms with E-state index in [2.05, 4.69) is 21.3 Å². The summed E-state index contributed by atoms with van der Waals surface area (Å²) < 4.78 is 12.9. The molecule has 2 saturated heterocycles. The molecule has 2 aliphatic rings. The van der Waals surface area contributed by atoms with Crippen LogP contribution in [0.5, 0.6) is 0 Å². The lowest BCUT2D eigenvalue weighted by Gasteiger charge is -2.32. The predicted octanol–water partition coefficient (Wildman–Crippen LogP) is 2.39. The fourth-order valence-corrected chi connectivity index (χ4v) is 4.65. The quantitative estimate of drug-likeness (QED) is 0.565. The summed E-state index contributed by atoms with van der Waals surface area (Å²) in [7, 11) is 0. The Morgan fingerprint density at radius 1 is 0.914 bits per heavy atom. The van der Waals surface area contributed by atoms with Crippen LogP contribution in [0, 0.1) is 0 Å². The Kier molecular flexibility index (Phi) is 7.34. The lowest BCUT2D eigenvalue weighted by Crippen LogP contribution is -2.45. The standard InChI is InChI=1S/C26H29ClN4O4/c27-21-4-1-19(2-5-21)16-28-26(33)23-18-31(30-9-13-35-14-10-30)24-6-3-20(15-22(24)25(23)32)17-29-7-11-34-12-8-29/h1-6,15,18H,7-14,16-17H2,(H,28,33). The fraction of sp³-hybridized carbons (Fsp3) is 0.385. The molecule has 0 bridgehead atoms. The highest BCUT2D eigenvalue weighted by molar-refractivity contribution is 6.30. The number of pyridine rings is 1. The third kappa shape index (κ3) is 5.51. The smallest absolute Gasteiger partial charge is 0.257 e. The van der Waals surface area contributed by atoms with Crippen molar-refractivity contribution in [2.24, 2.45) is 0 Å². The summed E-state index contributed by atoms with van der Waals surface area (Å²) in [5, 5.41) is 6.18. The first-order valence-electron chi connectivity index (χ1n) is 11.9. The first-order chi connectivity index (χ1) is 17.1. The van der Waals surface area contributed by atoms with Crippen molar-refractivity contribution in [2.75, 3.05) is 57.6 Å². The zero-order chi connectivity index (χ0) is 24.2. The molecular formula is C26H29ClN4O4. The number of rotatable bonds is 6. The Balaban J connectivity index is 1.48. The molecule has 0 atom stereocenters. The van der Waals surface area contributed by atoms with Gasteiger partial charge in [0.15, 0.2) is 0 Å². The number of nitrogens with zero attached hydrogens (tertiary/aromatic N) is 3. The summed E-state index contributed by atoms with van der Waals surface area (Å²) in [5.74, 6) is -0.396. The maximum Gasteiger partial charge on any atom is 0.257 e. The molecule has 0 aliphatic carbocycles. The van der Waals surface area contributed by atoms with Crippen molar-refractivity contribution in [2.45, 2.75) is 13.1 Å². The maximum absolute atomic E-state index is 13.5. The van der Waals surface area contributed by atoms with Gasteiger partial charge in [-0.3, -0.25) is 19.2 Å². The molecule has 2 aromatic carbocycles. The highest BCUT2D eigenvalue weighted by atomic mass is 35.5. The number of hydrogen-bond acceptors (Lipinski definition) is 6. The summed E-state index contributed by atoms with van der Waals surface area (Å²) in [5.41, 5.74) is 2.61. The van der Waals surface area contributed by atoms with Crippen LogP contribution in [-0.4, -0.2) is 68.1 Å².